The lowest BCUT2D eigenvalue weighted by Crippen LogP contribution is -2.37. The summed E-state index contributed by atoms with van der Waals surface area (Å²) in [5, 5.41) is 5.94. The van der Waals surface area contributed by atoms with Crippen LogP contribution in [0.4, 0.5) is 15.8 Å². The van der Waals surface area contributed by atoms with Crippen molar-refractivity contribution in [2.75, 3.05) is 43.1 Å². The van der Waals surface area contributed by atoms with Gasteiger partial charge in [0.15, 0.2) is 0 Å². The van der Waals surface area contributed by atoms with E-state index in [0.29, 0.717) is 18.9 Å². The molecular formula is C15H22Cl2FN3O2. The van der Waals surface area contributed by atoms with Gasteiger partial charge >= 0.3 is 0 Å². The van der Waals surface area contributed by atoms with Crippen LogP contribution in [0.2, 0.25) is 0 Å². The number of nitrogens with zero attached hydrogens (tertiary/aromatic N) is 1. The predicted octanol–water partition coefficient (Wildman–Crippen LogP) is 2.20. The summed E-state index contributed by atoms with van der Waals surface area (Å²) in [6.07, 6.45) is 1.83. The maximum Gasteiger partial charge on any atom is 0.241 e. The minimum Gasteiger partial charge on any atom is -0.378 e. The Balaban J connectivity index is 0.00000132. The summed E-state index contributed by atoms with van der Waals surface area (Å²) in [4.78, 5) is 14.1. The number of hydrogen-bond acceptors (Lipinski definition) is 4. The number of benzene rings is 1. The first kappa shape index (κ1) is 20.0. The smallest absolute Gasteiger partial charge is 0.241 e. The van der Waals surface area contributed by atoms with E-state index in [1.54, 1.807) is 0 Å². The maximum atomic E-state index is 13.8. The second-order valence-electron chi connectivity index (χ2n) is 5.44. The van der Waals surface area contributed by atoms with Gasteiger partial charge in [0.1, 0.15) is 5.82 Å². The third-order valence-electron chi connectivity index (χ3n) is 3.90. The Labute approximate surface area is 147 Å². The number of hydrogen-bond donors (Lipinski definition) is 2. The zero-order chi connectivity index (χ0) is 14.7. The van der Waals surface area contributed by atoms with Gasteiger partial charge in [0.25, 0.3) is 0 Å². The van der Waals surface area contributed by atoms with Crippen molar-refractivity contribution in [3.05, 3.63) is 24.0 Å². The molecule has 0 bridgehead atoms. The highest BCUT2D eigenvalue weighted by atomic mass is 35.5. The van der Waals surface area contributed by atoms with E-state index in [0.717, 1.165) is 38.2 Å². The summed E-state index contributed by atoms with van der Waals surface area (Å²) < 4.78 is 19.1. The van der Waals surface area contributed by atoms with Crippen LogP contribution in [-0.2, 0) is 9.53 Å². The number of ether oxygens (including phenoxy) is 1. The standard InChI is InChI=1S/C15H20FN3O2.2ClH/c16-11-8-12(18-15(20)14-2-1-3-17-14)10-13(9-11)19-4-6-21-7-5-19;;/h8-10,14,17H,1-7H2,(H,18,20);2*1H. The molecule has 130 valence electrons. The lowest BCUT2D eigenvalue weighted by atomic mass is 10.2. The van der Waals surface area contributed by atoms with E-state index in [4.69, 9.17) is 4.74 Å². The molecule has 8 heteroatoms. The van der Waals surface area contributed by atoms with Gasteiger partial charge in [-0.1, -0.05) is 0 Å². The lowest BCUT2D eigenvalue weighted by molar-refractivity contribution is -0.117. The van der Waals surface area contributed by atoms with Crippen molar-refractivity contribution in [1.82, 2.24) is 5.32 Å². The van der Waals surface area contributed by atoms with Gasteiger partial charge in [-0.2, -0.15) is 0 Å². The number of nitrogens with one attached hydrogen (secondary N) is 2. The maximum absolute atomic E-state index is 13.8. The molecule has 0 aromatic heterocycles. The largest absolute Gasteiger partial charge is 0.378 e. The predicted molar refractivity (Wildman–Crippen MR) is 93.6 cm³/mol. The van der Waals surface area contributed by atoms with Crippen LogP contribution >= 0.6 is 24.8 Å². The monoisotopic (exact) mass is 365 g/mol. The molecule has 1 aromatic carbocycles. The number of halogens is 3. The van der Waals surface area contributed by atoms with Crippen molar-refractivity contribution in [3.63, 3.8) is 0 Å². The Morgan fingerprint density at radius 3 is 2.65 bits per heavy atom. The van der Waals surface area contributed by atoms with E-state index < -0.39 is 0 Å². The van der Waals surface area contributed by atoms with Crippen LogP contribution in [0.15, 0.2) is 18.2 Å². The highest BCUT2D eigenvalue weighted by molar-refractivity contribution is 5.95. The number of rotatable bonds is 3. The molecule has 0 aliphatic carbocycles. The number of amides is 1. The summed E-state index contributed by atoms with van der Waals surface area (Å²) in [7, 11) is 0. The fraction of sp³-hybridized carbons (Fsp3) is 0.533. The number of carbonyl (C=O) groups is 1. The average Bonchev–Trinajstić information content (AvgIpc) is 3.02. The van der Waals surface area contributed by atoms with Crippen molar-refractivity contribution in [1.29, 1.82) is 0 Å². The SMILES string of the molecule is Cl.Cl.O=C(Nc1cc(F)cc(N2CCOCC2)c1)C1CCCN1. The third kappa shape index (κ3) is 5.21. The number of anilines is 2. The molecule has 1 unspecified atom stereocenters. The molecular weight excluding hydrogens is 344 g/mol. The van der Waals surface area contributed by atoms with Crippen LogP contribution in [-0.4, -0.2) is 44.8 Å². The van der Waals surface area contributed by atoms with Gasteiger partial charge < -0.3 is 20.3 Å². The topological polar surface area (TPSA) is 53.6 Å². The lowest BCUT2D eigenvalue weighted by Gasteiger charge is -2.29. The Morgan fingerprint density at radius 1 is 1.26 bits per heavy atom. The van der Waals surface area contributed by atoms with Gasteiger partial charge in [-0.15, -0.1) is 24.8 Å². The summed E-state index contributed by atoms with van der Waals surface area (Å²) in [6, 6.07) is 4.51. The molecule has 3 rings (SSSR count). The van der Waals surface area contributed by atoms with Gasteiger partial charge in [0.2, 0.25) is 5.91 Å². The van der Waals surface area contributed by atoms with Crippen molar-refractivity contribution in [2.24, 2.45) is 0 Å². The second kappa shape index (κ2) is 9.27. The first-order chi connectivity index (χ1) is 10.2. The molecule has 0 spiro atoms. The molecule has 0 radical (unpaired) electrons. The molecule has 5 nitrogen and oxygen atoms in total. The van der Waals surface area contributed by atoms with E-state index in [-0.39, 0.29) is 42.6 Å². The molecule has 2 aliphatic heterocycles. The fourth-order valence-electron chi connectivity index (χ4n) is 2.79. The summed E-state index contributed by atoms with van der Waals surface area (Å²) in [5.74, 6) is -0.431. The highest BCUT2D eigenvalue weighted by Crippen LogP contribution is 2.23. The first-order valence-electron chi connectivity index (χ1n) is 7.40. The van der Waals surface area contributed by atoms with Crippen molar-refractivity contribution in [3.8, 4) is 0 Å². The molecule has 2 saturated heterocycles. The van der Waals surface area contributed by atoms with Crippen LogP contribution in [0, 0.1) is 5.82 Å². The highest BCUT2D eigenvalue weighted by Gasteiger charge is 2.22. The molecule has 23 heavy (non-hydrogen) atoms. The zero-order valence-corrected chi connectivity index (χ0v) is 14.4. The Hall–Kier alpha value is -1.08. The normalized spacial score (nSPS) is 20.4. The number of carbonyl (C=O) groups excluding carboxylic acids is 1. The van der Waals surface area contributed by atoms with Crippen molar-refractivity contribution >= 4 is 42.1 Å². The fourth-order valence-corrected chi connectivity index (χ4v) is 2.79. The average molecular weight is 366 g/mol. The van der Waals surface area contributed by atoms with Gasteiger partial charge in [0.05, 0.1) is 19.3 Å². The van der Waals surface area contributed by atoms with Crippen molar-refractivity contribution < 1.29 is 13.9 Å². The van der Waals surface area contributed by atoms with Gasteiger partial charge in [0, 0.05) is 24.5 Å². The van der Waals surface area contributed by atoms with Crippen LogP contribution in [0.25, 0.3) is 0 Å². The Bertz CT molecular complexity index is 521. The molecule has 2 fully saturated rings. The summed E-state index contributed by atoms with van der Waals surface area (Å²) >= 11 is 0. The molecule has 1 aromatic rings. The Morgan fingerprint density at radius 2 is 2.00 bits per heavy atom. The minimum absolute atomic E-state index is 0. The Kier molecular flexibility index (Phi) is 8.05. The quantitative estimate of drug-likeness (QED) is 0.861. The summed E-state index contributed by atoms with van der Waals surface area (Å²) in [5.41, 5.74) is 1.29. The molecule has 2 aliphatic rings. The molecule has 1 amide bonds. The van der Waals surface area contributed by atoms with E-state index in [9.17, 15) is 9.18 Å². The molecule has 1 atom stereocenters. The van der Waals surface area contributed by atoms with E-state index >= 15 is 0 Å². The van der Waals surface area contributed by atoms with Gasteiger partial charge in [-0.3, -0.25) is 4.79 Å². The molecule has 0 saturated carbocycles. The number of morpholine rings is 1. The van der Waals surface area contributed by atoms with Crippen LogP contribution in [0.5, 0.6) is 0 Å². The van der Waals surface area contributed by atoms with E-state index in [1.165, 1.54) is 12.1 Å². The van der Waals surface area contributed by atoms with Crippen LogP contribution in [0.3, 0.4) is 0 Å². The van der Waals surface area contributed by atoms with Crippen molar-refractivity contribution in [2.45, 2.75) is 18.9 Å². The van der Waals surface area contributed by atoms with E-state index in [2.05, 4.69) is 15.5 Å². The molecule has 2 N–H and O–H groups in total. The van der Waals surface area contributed by atoms with E-state index in [1.807, 2.05) is 6.07 Å². The van der Waals surface area contributed by atoms with Gasteiger partial charge in [-0.25, -0.2) is 4.39 Å². The minimum atomic E-state index is -0.339. The second-order valence-corrected chi connectivity index (χ2v) is 5.44. The molecule has 2 heterocycles. The van der Waals surface area contributed by atoms with Crippen LogP contribution < -0.4 is 15.5 Å². The van der Waals surface area contributed by atoms with Gasteiger partial charge in [-0.05, 0) is 37.6 Å². The zero-order valence-electron chi connectivity index (χ0n) is 12.7. The third-order valence-corrected chi connectivity index (χ3v) is 3.90. The summed E-state index contributed by atoms with van der Waals surface area (Å²) in [6.45, 7) is 3.62. The van der Waals surface area contributed by atoms with Crippen LogP contribution in [0.1, 0.15) is 12.8 Å². The first-order valence-corrected chi connectivity index (χ1v) is 7.40.